The molecule has 29 heavy (non-hydrogen) atoms. The maximum Gasteiger partial charge on any atom is 0.162 e. The molecule has 2 aliphatic heterocycles. The van der Waals surface area contributed by atoms with E-state index in [0.717, 1.165) is 55.3 Å². The molecule has 0 spiro atoms. The highest BCUT2D eigenvalue weighted by molar-refractivity contribution is 5.92. The third-order valence-corrected chi connectivity index (χ3v) is 6.09. The van der Waals surface area contributed by atoms with Crippen LogP contribution in [-0.4, -0.2) is 68.5 Å². The number of ether oxygens (including phenoxy) is 3. The monoisotopic (exact) mass is 400 g/mol. The third kappa shape index (κ3) is 4.26. The number of benzene rings is 1. The molecule has 2 fully saturated rings. The lowest BCUT2D eigenvalue weighted by molar-refractivity contribution is 0.0584. The van der Waals surface area contributed by atoms with Crippen molar-refractivity contribution < 1.29 is 14.2 Å². The predicted octanol–water partition coefficient (Wildman–Crippen LogP) is 3.25. The van der Waals surface area contributed by atoms with Crippen LogP contribution >= 0.6 is 0 Å². The quantitative estimate of drug-likeness (QED) is 0.707. The highest BCUT2D eigenvalue weighted by atomic mass is 16.5. The van der Waals surface area contributed by atoms with Crippen LogP contribution in [0.2, 0.25) is 0 Å². The zero-order valence-electron chi connectivity index (χ0n) is 17.8. The van der Waals surface area contributed by atoms with Gasteiger partial charge in [-0.15, -0.1) is 0 Å². The van der Waals surface area contributed by atoms with Gasteiger partial charge in [-0.25, -0.2) is 9.97 Å². The summed E-state index contributed by atoms with van der Waals surface area (Å²) >= 11 is 0. The summed E-state index contributed by atoms with van der Waals surface area (Å²) in [4.78, 5) is 14.8. The topological polar surface area (TPSA) is 60.0 Å². The minimum Gasteiger partial charge on any atom is -0.493 e. The summed E-state index contributed by atoms with van der Waals surface area (Å²) < 4.78 is 16.5. The molecule has 0 aliphatic carbocycles. The molecule has 0 amide bonds. The van der Waals surface area contributed by atoms with Gasteiger partial charge in [0.25, 0.3) is 0 Å². The Morgan fingerprint density at radius 3 is 2.38 bits per heavy atom. The van der Waals surface area contributed by atoms with Gasteiger partial charge in [-0.2, -0.15) is 0 Å². The average molecular weight is 401 g/mol. The molecular weight excluding hydrogens is 368 g/mol. The Morgan fingerprint density at radius 2 is 1.66 bits per heavy atom. The molecule has 158 valence electrons. The molecular formula is C22H32N4O3. The molecule has 7 heteroatoms. The van der Waals surface area contributed by atoms with Crippen LogP contribution < -0.4 is 14.4 Å². The molecule has 1 atom stereocenters. The van der Waals surface area contributed by atoms with Gasteiger partial charge in [0.1, 0.15) is 11.6 Å². The van der Waals surface area contributed by atoms with Gasteiger partial charge in [-0.05, 0) is 38.3 Å². The summed E-state index contributed by atoms with van der Waals surface area (Å²) in [5, 5.41) is 1.03. The highest BCUT2D eigenvalue weighted by Gasteiger charge is 2.25. The number of nitrogens with zero attached hydrogens (tertiary/aromatic N) is 4. The molecule has 0 saturated carbocycles. The lowest BCUT2D eigenvalue weighted by Gasteiger charge is -2.34. The summed E-state index contributed by atoms with van der Waals surface area (Å²) in [6, 6.07) is 4.43. The summed E-state index contributed by atoms with van der Waals surface area (Å²) in [7, 11) is 5.11. The van der Waals surface area contributed by atoms with E-state index in [4.69, 9.17) is 24.2 Å². The van der Waals surface area contributed by atoms with E-state index in [2.05, 4.69) is 9.80 Å². The van der Waals surface area contributed by atoms with Gasteiger partial charge >= 0.3 is 0 Å². The predicted molar refractivity (Wildman–Crippen MR) is 114 cm³/mol. The van der Waals surface area contributed by atoms with Gasteiger partial charge in [-0.1, -0.05) is 6.42 Å². The first-order chi connectivity index (χ1) is 14.2. The van der Waals surface area contributed by atoms with E-state index in [9.17, 15) is 0 Å². The van der Waals surface area contributed by atoms with Crippen LogP contribution in [0.5, 0.6) is 11.5 Å². The van der Waals surface area contributed by atoms with Crippen molar-refractivity contribution in [1.82, 2.24) is 14.9 Å². The summed E-state index contributed by atoms with van der Waals surface area (Å²) in [5.41, 5.74) is 0.912. The number of fused-ring (bicyclic) bond motifs is 1. The van der Waals surface area contributed by atoms with E-state index in [1.165, 1.54) is 32.1 Å². The lowest BCUT2D eigenvalue weighted by Crippen LogP contribution is -2.42. The molecule has 7 nitrogen and oxygen atoms in total. The number of aromatic nitrogens is 2. The fourth-order valence-corrected chi connectivity index (χ4v) is 4.56. The molecule has 1 aromatic heterocycles. The van der Waals surface area contributed by atoms with Gasteiger partial charge < -0.3 is 19.1 Å². The molecule has 2 saturated heterocycles. The van der Waals surface area contributed by atoms with Crippen molar-refractivity contribution >= 4 is 16.7 Å². The van der Waals surface area contributed by atoms with E-state index in [1.54, 1.807) is 21.3 Å². The van der Waals surface area contributed by atoms with Crippen LogP contribution in [0.1, 0.15) is 37.9 Å². The number of likely N-dealkylation sites (tertiary alicyclic amines) is 1. The first kappa shape index (κ1) is 20.2. The second kappa shape index (κ2) is 9.13. The zero-order chi connectivity index (χ0) is 20.2. The standard InChI is InChI=1S/C22H32N4O3/c1-27-15-16-8-4-5-11-26(16)14-21-23-18-13-20(29-3)19(28-2)12-17(18)22(24-21)25-9-6-7-10-25/h12-13,16H,4-11,14-15H2,1-3H3. The Kier molecular flexibility index (Phi) is 6.35. The molecule has 0 N–H and O–H groups in total. The van der Waals surface area contributed by atoms with Gasteiger partial charge in [0.2, 0.25) is 0 Å². The minimum atomic E-state index is 0.439. The van der Waals surface area contributed by atoms with Crippen molar-refractivity contribution in [2.75, 3.05) is 52.5 Å². The normalized spacial score (nSPS) is 20.4. The molecule has 1 aromatic carbocycles. The number of methoxy groups -OCH3 is 3. The lowest BCUT2D eigenvalue weighted by atomic mass is 10.0. The Labute approximate surface area is 173 Å². The Bertz CT molecular complexity index is 836. The first-order valence-electron chi connectivity index (χ1n) is 10.6. The Hall–Kier alpha value is -2.12. The van der Waals surface area contributed by atoms with Crippen LogP contribution in [0.4, 0.5) is 5.82 Å². The Morgan fingerprint density at radius 1 is 0.931 bits per heavy atom. The number of piperidine rings is 1. The Balaban J connectivity index is 1.73. The molecule has 1 unspecified atom stereocenters. The number of rotatable bonds is 7. The second-order valence-corrected chi connectivity index (χ2v) is 7.96. The SMILES string of the molecule is COCC1CCCCN1Cc1nc(N2CCCC2)c2cc(OC)c(OC)cc2n1. The molecule has 0 bridgehead atoms. The van der Waals surface area contributed by atoms with Crippen molar-refractivity contribution in [3.63, 3.8) is 0 Å². The largest absolute Gasteiger partial charge is 0.493 e. The van der Waals surface area contributed by atoms with Crippen molar-refractivity contribution in [2.24, 2.45) is 0 Å². The van der Waals surface area contributed by atoms with Gasteiger partial charge in [0.05, 0.1) is 32.9 Å². The van der Waals surface area contributed by atoms with E-state index < -0.39 is 0 Å². The number of hydrogen-bond donors (Lipinski definition) is 0. The molecule has 4 rings (SSSR count). The highest BCUT2D eigenvalue weighted by Crippen LogP contribution is 2.36. The van der Waals surface area contributed by atoms with Crippen molar-refractivity contribution in [2.45, 2.75) is 44.7 Å². The van der Waals surface area contributed by atoms with Gasteiger partial charge in [0, 0.05) is 37.7 Å². The smallest absolute Gasteiger partial charge is 0.162 e. The maximum atomic E-state index is 5.53. The van der Waals surface area contributed by atoms with Crippen LogP contribution in [0, 0.1) is 0 Å². The summed E-state index contributed by atoms with van der Waals surface area (Å²) in [6.07, 6.45) is 6.06. The molecule has 0 radical (unpaired) electrons. The van der Waals surface area contributed by atoms with E-state index >= 15 is 0 Å². The molecule has 2 aliphatic rings. The number of hydrogen-bond acceptors (Lipinski definition) is 7. The van der Waals surface area contributed by atoms with E-state index in [0.29, 0.717) is 17.5 Å². The number of anilines is 1. The first-order valence-corrected chi connectivity index (χ1v) is 10.6. The van der Waals surface area contributed by atoms with Crippen LogP contribution in [0.25, 0.3) is 10.9 Å². The van der Waals surface area contributed by atoms with E-state index in [-0.39, 0.29) is 0 Å². The van der Waals surface area contributed by atoms with Gasteiger partial charge in [-0.3, -0.25) is 4.90 Å². The van der Waals surface area contributed by atoms with Crippen LogP contribution in [0.15, 0.2) is 12.1 Å². The van der Waals surface area contributed by atoms with Crippen LogP contribution in [0.3, 0.4) is 0 Å². The van der Waals surface area contributed by atoms with E-state index in [1.807, 2.05) is 12.1 Å². The molecule has 2 aromatic rings. The maximum absolute atomic E-state index is 5.53. The van der Waals surface area contributed by atoms with Crippen molar-refractivity contribution in [1.29, 1.82) is 0 Å². The fourth-order valence-electron chi connectivity index (χ4n) is 4.56. The molecule has 3 heterocycles. The van der Waals surface area contributed by atoms with Gasteiger partial charge in [0.15, 0.2) is 11.5 Å². The minimum absolute atomic E-state index is 0.439. The summed E-state index contributed by atoms with van der Waals surface area (Å²) in [5.74, 6) is 3.30. The second-order valence-electron chi connectivity index (χ2n) is 7.96. The van der Waals surface area contributed by atoms with Crippen molar-refractivity contribution in [3.05, 3.63) is 18.0 Å². The fraction of sp³-hybridized carbons (Fsp3) is 0.636. The summed E-state index contributed by atoms with van der Waals surface area (Å²) in [6.45, 7) is 4.66. The third-order valence-electron chi connectivity index (χ3n) is 6.09. The van der Waals surface area contributed by atoms with Crippen LogP contribution in [-0.2, 0) is 11.3 Å². The zero-order valence-corrected chi connectivity index (χ0v) is 17.8. The van der Waals surface area contributed by atoms with Crippen molar-refractivity contribution in [3.8, 4) is 11.5 Å². The average Bonchev–Trinajstić information content (AvgIpc) is 3.28.